The molecule has 0 spiro atoms. The van der Waals surface area contributed by atoms with Crippen molar-refractivity contribution in [3.8, 4) is 0 Å². The minimum Gasteiger partial charge on any atom is -0.393 e. The largest absolute Gasteiger partial charge is 0.393 e. The van der Waals surface area contributed by atoms with E-state index in [4.69, 9.17) is 11.5 Å². The molecule has 13 heavy (non-hydrogen) atoms. The van der Waals surface area contributed by atoms with Crippen LogP contribution >= 0.6 is 24.4 Å². The second-order valence-corrected chi connectivity index (χ2v) is 3.75. The van der Waals surface area contributed by atoms with Crippen molar-refractivity contribution in [1.82, 2.24) is 0 Å². The lowest BCUT2D eigenvalue weighted by Gasteiger charge is -1.78. The monoisotopic (exact) mass is 220 g/mol. The van der Waals surface area contributed by atoms with Crippen LogP contribution in [0.15, 0.2) is 0 Å². The minimum atomic E-state index is 0.588. The van der Waals surface area contributed by atoms with Crippen LogP contribution in [0, 0.1) is 0 Å². The van der Waals surface area contributed by atoms with Gasteiger partial charge in [-0.3, -0.25) is 0 Å². The van der Waals surface area contributed by atoms with Crippen molar-refractivity contribution in [1.29, 1.82) is 0 Å². The fraction of sp³-hybridized carbons (Fsp3) is 0.778. The lowest BCUT2D eigenvalue weighted by atomic mass is 10.5. The highest BCUT2D eigenvalue weighted by Gasteiger charge is 1.95. The molecule has 0 aromatic heterocycles. The molecule has 2 nitrogen and oxygen atoms in total. The van der Waals surface area contributed by atoms with Crippen molar-refractivity contribution in [2.24, 2.45) is 11.5 Å². The first-order valence-electron chi connectivity index (χ1n) is 4.61. The van der Waals surface area contributed by atoms with E-state index in [0.29, 0.717) is 9.98 Å². The van der Waals surface area contributed by atoms with Gasteiger partial charge in [-0.2, -0.15) is 0 Å². The third-order valence-corrected chi connectivity index (χ3v) is 1.63. The zero-order valence-corrected chi connectivity index (χ0v) is 10.1. The van der Waals surface area contributed by atoms with Crippen molar-refractivity contribution in [3.05, 3.63) is 0 Å². The molecule has 1 fully saturated rings. The maximum atomic E-state index is 5.02. The van der Waals surface area contributed by atoms with Crippen LogP contribution in [0.25, 0.3) is 0 Å². The lowest BCUT2D eigenvalue weighted by molar-refractivity contribution is 1.29. The second kappa shape index (κ2) is 11.8. The van der Waals surface area contributed by atoms with Crippen molar-refractivity contribution >= 4 is 34.4 Å². The van der Waals surface area contributed by atoms with Crippen LogP contribution in [0.4, 0.5) is 0 Å². The van der Waals surface area contributed by atoms with Gasteiger partial charge in [-0.05, 0) is 12.8 Å². The predicted molar refractivity (Wildman–Crippen MR) is 68.0 cm³/mol. The summed E-state index contributed by atoms with van der Waals surface area (Å²) in [6.07, 6.45) is 6.13. The van der Waals surface area contributed by atoms with Crippen molar-refractivity contribution in [3.63, 3.8) is 0 Å². The summed E-state index contributed by atoms with van der Waals surface area (Å²) < 4.78 is 0. The van der Waals surface area contributed by atoms with E-state index in [0.717, 1.165) is 12.8 Å². The summed E-state index contributed by atoms with van der Waals surface area (Å²) in [6.45, 7) is 3.87. The van der Waals surface area contributed by atoms with Crippen molar-refractivity contribution in [2.75, 3.05) is 0 Å². The molecule has 0 bridgehead atoms. The summed E-state index contributed by atoms with van der Waals surface area (Å²) in [6, 6.07) is 0. The van der Waals surface area contributed by atoms with E-state index in [2.05, 4.69) is 24.4 Å². The van der Waals surface area contributed by atoms with Crippen LogP contribution in [-0.4, -0.2) is 9.98 Å². The van der Waals surface area contributed by atoms with Gasteiger partial charge >= 0.3 is 0 Å². The van der Waals surface area contributed by atoms with Gasteiger partial charge in [-0.15, -0.1) is 0 Å². The molecule has 4 heteroatoms. The molecule has 1 saturated carbocycles. The van der Waals surface area contributed by atoms with Gasteiger partial charge in [0.15, 0.2) is 0 Å². The third kappa shape index (κ3) is 49.3. The van der Waals surface area contributed by atoms with Crippen LogP contribution in [0.5, 0.6) is 0 Å². The molecule has 0 aliphatic heterocycles. The number of nitrogens with two attached hydrogens (primary N) is 2. The summed E-state index contributed by atoms with van der Waals surface area (Å²) in [5.74, 6) is 0. The first kappa shape index (κ1) is 15.3. The molecule has 0 aromatic carbocycles. The highest BCUT2D eigenvalue weighted by Crippen LogP contribution is 2.14. The molecule has 78 valence electrons. The van der Waals surface area contributed by atoms with E-state index in [1.54, 1.807) is 0 Å². The van der Waals surface area contributed by atoms with Gasteiger partial charge in [0.1, 0.15) is 0 Å². The Morgan fingerprint density at radius 1 is 0.923 bits per heavy atom. The van der Waals surface area contributed by atoms with Gasteiger partial charge < -0.3 is 11.5 Å². The molecule has 1 rings (SSSR count). The fourth-order valence-electron chi connectivity index (χ4n) is 0. The molecule has 0 unspecified atom stereocenters. The van der Waals surface area contributed by atoms with E-state index < -0.39 is 0 Å². The summed E-state index contributed by atoms with van der Waals surface area (Å²) in [7, 11) is 0. The normalized spacial score (nSPS) is 11.2. The van der Waals surface area contributed by atoms with Crippen molar-refractivity contribution < 1.29 is 0 Å². The van der Waals surface area contributed by atoms with Gasteiger partial charge in [0, 0.05) is 0 Å². The highest BCUT2D eigenvalue weighted by atomic mass is 32.1. The first-order valence-corrected chi connectivity index (χ1v) is 5.42. The summed E-state index contributed by atoms with van der Waals surface area (Å²) in [5.41, 5.74) is 10.0. The molecule has 1 aliphatic rings. The molecule has 1 aliphatic carbocycles. The van der Waals surface area contributed by atoms with Gasteiger partial charge in [-0.25, -0.2) is 0 Å². The van der Waals surface area contributed by atoms with E-state index in [1.165, 1.54) is 19.3 Å². The van der Waals surface area contributed by atoms with Crippen LogP contribution in [0.3, 0.4) is 0 Å². The van der Waals surface area contributed by atoms with E-state index in [9.17, 15) is 0 Å². The Balaban J connectivity index is 0. The van der Waals surface area contributed by atoms with E-state index in [-0.39, 0.29) is 0 Å². The molecular weight excluding hydrogens is 200 g/mol. The molecule has 4 N–H and O–H groups in total. The highest BCUT2D eigenvalue weighted by molar-refractivity contribution is 7.80. The molecular formula is C9H20N2S2. The van der Waals surface area contributed by atoms with E-state index >= 15 is 0 Å². The average molecular weight is 220 g/mol. The minimum absolute atomic E-state index is 0.588. The average Bonchev–Trinajstić information content (AvgIpc) is 2.91. The Morgan fingerprint density at radius 3 is 1.08 bits per heavy atom. The Kier molecular flexibility index (Phi) is 13.8. The van der Waals surface area contributed by atoms with Crippen LogP contribution < -0.4 is 11.5 Å². The molecule has 0 saturated heterocycles. The fourth-order valence-corrected chi connectivity index (χ4v) is 0. The summed E-state index contributed by atoms with van der Waals surface area (Å²) in [5, 5.41) is 0. The quantitative estimate of drug-likeness (QED) is 0.702. The van der Waals surface area contributed by atoms with Crippen molar-refractivity contribution in [2.45, 2.75) is 46.0 Å². The molecule has 0 atom stereocenters. The van der Waals surface area contributed by atoms with E-state index in [1.807, 2.05) is 13.8 Å². The van der Waals surface area contributed by atoms with Gasteiger partial charge in [0.2, 0.25) is 0 Å². The predicted octanol–water partition coefficient (Wildman–Crippen LogP) is 2.54. The molecule has 0 heterocycles. The van der Waals surface area contributed by atoms with Gasteiger partial charge in [0.25, 0.3) is 0 Å². The summed E-state index contributed by atoms with van der Waals surface area (Å²) in [4.78, 5) is 1.18. The van der Waals surface area contributed by atoms with Crippen LogP contribution in [0.2, 0.25) is 0 Å². The molecule has 0 radical (unpaired) electrons. The summed E-state index contributed by atoms with van der Waals surface area (Å²) >= 11 is 8.95. The maximum Gasteiger partial charge on any atom is 0.0724 e. The van der Waals surface area contributed by atoms with Gasteiger partial charge in [-0.1, -0.05) is 57.5 Å². The number of rotatable bonds is 2. The molecule has 0 amide bonds. The maximum absolute atomic E-state index is 5.02. The third-order valence-electron chi connectivity index (χ3n) is 1.05. The zero-order valence-electron chi connectivity index (χ0n) is 8.51. The van der Waals surface area contributed by atoms with Gasteiger partial charge in [0.05, 0.1) is 9.98 Å². The van der Waals surface area contributed by atoms with Crippen LogP contribution in [-0.2, 0) is 0 Å². The number of thiocarbonyl (C=S) groups is 2. The Labute approximate surface area is 92.1 Å². The Bertz CT molecular complexity index is 128. The lowest BCUT2D eigenvalue weighted by Crippen LogP contribution is -2.03. The number of hydrogen-bond acceptors (Lipinski definition) is 2. The standard InChI is InChI=1S/2C3H7NS.C3H6/c2*1-2-3(4)5;1-2-3-1/h2*2H2,1H3,(H2,4,5);1-3H2. The zero-order chi connectivity index (χ0) is 10.7. The number of hydrogen-bond donors (Lipinski definition) is 2. The first-order chi connectivity index (χ1) is 6.04. The second-order valence-electron chi connectivity index (χ2n) is 2.70. The Hall–Kier alpha value is -0.220. The SMILES string of the molecule is C1CC1.CCC(N)=S.CCC(N)=S. The Morgan fingerprint density at radius 2 is 1.08 bits per heavy atom. The molecule has 0 aromatic rings. The smallest absolute Gasteiger partial charge is 0.0724 e. The van der Waals surface area contributed by atoms with Crippen LogP contribution in [0.1, 0.15) is 46.0 Å². The topological polar surface area (TPSA) is 52.0 Å².